The summed E-state index contributed by atoms with van der Waals surface area (Å²) in [6.07, 6.45) is 0. The molecule has 0 heterocycles. The Labute approximate surface area is 126 Å². The van der Waals surface area contributed by atoms with Crippen LogP contribution in [0.4, 0.5) is 5.69 Å². The molecule has 100 valence electrons. The van der Waals surface area contributed by atoms with E-state index in [1.807, 2.05) is 30.3 Å². The molecule has 4 heteroatoms. The zero-order valence-corrected chi connectivity index (χ0v) is 13.0. The quantitative estimate of drug-likeness (QED) is 0.839. The number of benzene rings is 2. The average Bonchev–Trinajstić information content (AvgIpc) is 2.40. The fourth-order valence-electron chi connectivity index (χ4n) is 1.85. The molecule has 0 fully saturated rings. The van der Waals surface area contributed by atoms with Crippen molar-refractivity contribution in [2.45, 2.75) is 13.2 Å². The average molecular weight is 341 g/mol. The van der Waals surface area contributed by atoms with Crippen LogP contribution in [0.1, 0.15) is 11.1 Å². The van der Waals surface area contributed by atoms with Crippen LogP contribution in [0.2, 0.25) is 5.02 Å². The first kappa shape index (κ1) is 14.4. The van der Waals surface area contributed by atoms with Crippen LogP contribution in [0.5, 0.6) is 0 Å². The van der Waals surface area contributed by atoms with E-state index in [0.717, 1.165) is 16.7 Å². The number of anilines is 1. The van der Waals surface area contributed by atoms with Crippen molar-refractivity contribution in [3.63, 3.8) is 0 Å². The van der Waals surface area contributed by atoms with Crippen molar-refractivity contribution < 1.29 is 4.74 Å². The van der Waals surface area contributed by atoms with Gasteiger partial charge < -0.3 is 10.1 Å². The van der Waals surface area contributed by atoms with Crippen LogP contribution in [0.15, 0.2) is 46.9 Å². The molecular formula is C15H15BrClNO. The van der Waals surface area contributed by atoms with Gasteiger partial charge in [0.1, 0.15) is 0 Å². The first-order valence-corrected chi connectivity index (χ1v) is 7.12. The lowest BCUT2D eigenvalue weighted by Gasteiger charge is -2.12. The van der Waals surface area contributed by atoms with Crippen molar-refractivity contribution in [1.29, 1.82) is 0 Å². The second kappa shape index (κ2) is 6.94. The predicted octanol–water partition coefficient (Wildman–Crippen LogP) is 4.86. The molecule has 0 atom stereocenters. The van der Waals surface area contributed by atoms with Gasteiger partial charge in [-0.05, 0) is 29.3 Å². The highest BCUT2D eigenvalue weighted by Crippen LogP contribution is 2.26. The Hall–Kier alpha value is -1.03. The number of hydrogen-bond donors (Lipinski definition) is 1. The highest BCUT2D eigenvalue weighted by atomic mass is 79.9. The van der Waals surface area contributed by atoms with E-state index in [2.05, 4.69) is 33.4 Å². The number of hydrogen-bond acceptors (Lipinski definition) is 2. The van der Waals surface area contributed by atoms with Crippen molar-refractivity contribution in [1.82, 2.24) is 0 Å². The smallest absolute Gasteiger partial charge is 0.0716 e. The minimum Gasteiger partial charge on any atom is -0.380 e. The van der Waals surface area contributed by atoms with Crippen LogP contribution in [0, 0.1) is 0 Å². The molecule has 19 heavy (non-hydrogen) atoms. The molecule has 2 nitrogen and oxygen atoms in total. The summed E-state index contributed by atoms with van der Waals surface area (Å²) in [4.78, 5) is 0. The molecule has 1 N–H and O–H groups in total. The summed E-state index contributed by atoms with van der Waals surface area (Å²) >= 11 is 9.58. The van der Waals surface area contributed by atoms with Crippen LogP contribution >= 0.6 is 27.5 Å². The fraction of sp³-hybridized carbons (Fsp3) is 0.200. The fourth-order valence-corrected chi connectivity index (χ4v) is 2.59. The minimum atomic E-state index is 0.617. The maximum absolute atomic E-state index is 6.18. The number of halogens is 2. The third-order valence-corrected chi connectivity index (χ3v) is 3.62. The minimum absolute atomic E-state index is 0.617. The van der Waals surface area contributed by atoms with Crippen molar-refractivity contribution in [3.05, 3.63) is 63.1 Å². The molecule has 0 aliphatic rings. The Morgan fingerprint density at radius 3 is 2.58 bits per heavy atom. The zero-order chi connectivity index (χ0) is 13.7. The van der Waals surface area contributed by atoms with Gasteiger partial charge in [0.25, 0.3) is 0 Å². The maximum Gasteiger partial charge on any atom is 0.0716 e. The van der Waals surface area contributed by atoms with E-state index in [1.54, 1.807) is 7.11 Å². The van der Waals surface area contributed by atoms with Crippen LogP contribution < -0.4 is 5.32 Å². The highest BCUT2D eigenvalue weighted by molar-refractivity contribution is 9.10. The standard InChI is InChI=1S/C15H15BrClNO/c1-19-10-12-5-3-2-4-11(12)9-18-15-7-6-13(16)8-14(15)17/h2-8,18H,9-10H2,1H3. The molecular weight excluding hydrogens is 326 g/mol. The normalized spacial score (nSPS) is 10.5. The Morgan fingerprint density at radius 1 is 1.16 bits per heavy atom. The molecule has 0 spiro atoms. The first-order chi connectivity index (χ1) is 9.20. The molecule has 0 amide bonds. The van der Waals surface area contributed by atoms with Gasteiger partial charge in [0.2, 0.25) is 0 Å². The Balaban J connectivity index is 2.10. The molecule has 0 bridgehead atoms. The van der Waals surface area contributed by atoms with E-state index in [0.29, 0.717) is 11.6 Å². The van der Waals surface area contributed by atoms with Gasteiger partial charge in [-0.25, -0.2) is 0 Å². The second-order valence-corrected chi connectivity index (χ2v) is 5.50. The summed E-state index contributed by atoms with van der Waals surface area (Å²) in [5, 5.41) is 4.05. The SMILES string of the molecule is COCc1ccccc1CNc1ccc(Br)cc1Cl. The van der Waals surface area contributed by atoms with Crippen molar-refractivity contribution in [2.24, 2.45) is 0 Å². The Kier molecular flexibility index (Phi) is 5.25. The van der Waals surface area contributed by atoms with E-state index >= 15 is 0 Å². The summed E-state index contributed by atoms with van der Waals surface area (Å²) in [6.45, 7) is 1.34. The third-order valence-electron chi connectivity index (χ3n) is 2.82. The van der Waals surface area contributed by atoms with Crippen LogP contribution in [-0.4, -0.2) is 7.11 Å². The van der Waals surface area contributed by atoms with E-state index in [-0.39, 0.29) is 0 Å². The Bertz CT molecular complexity index is 560. The molecule has 0 saturated heterocycles. The van der Waals surface area contributed by atoms with Gasteiger partial charge >= 0.3 is 0 Å². The lowest BCUT2D eigenvalue weighted by Crippen LogP contribution is -2.04. The molecule has 0 aliphatic heterocycles. The zero-order valence-electron chi connectivity index (χ0n) is 10.6. The first-order valence-electron chi connectivity index (χ1n) is 5.95. The van der Waals surface area contributed by atoms with E-state index in [4.69, 9.17) is 16.3 Å². The van der Waals surface area contributed by atoms with Crippen LogP contribution in [0.25, 0.3) is 0 Å². The predicted molar refractivity (Wildman–Crippen MR) is 83.6 cm³/mol. The van der Waals surface area contributed by atoms with Gasteiger partial charge in [0.05, 0.1) is 17.3 Å². The topological polar surface area (TPSA) is 21.3 Å². The van der Waals surface area contributed by atoms with Crippen molar-refractivity contribution in [3.8, 4) is 0 Å². The number of rotatable bonds is 5. The molecule has 0 unspecified atom stereocenters. The molecule has 0 radical (unpaired) electrons. The van der Waals surface area contributed by atoms with E-state index < -0.39 is 0 Å². The number of ether oxygens (including phenoxy) is 1. The van der Waals surface area contributed by atoms with Crippen LogP contribution in [-0.2, 0) is 17.9 Å². The largest absolute Gasteiger partial charge is 0.380 e. The molecule has 0 aromatic heterocycles. The summed E-state index contributed by atoms with van der Waals surface area (Å²) in [5.41, 5.74) is 3.33. The molecule has 0 aliphatic carbocycles. The van der Waals surface area contributed by atoms with Crippen molar-refractivity contribution >= 4 is 33.2 Å². The second-order valence-electron chi connectivity index (χ2n) is 4.18. The van der Waals surface area contributed by atoms with Gasteiger partial charge in [0, 0.05) is 18.1 Å². The van der Waals surface area contributed by atoms with Gasteiger partial charge in [-0.15, -0.1) is 0 Å². The monoisotopic (exact) mass is 339 g/mol. The summed E-state index contributed by atoms with van der Waals surface area (Å²) in [6, 6.07) is 14.0. The summed E-state index contributed by atoms with van der Waals surface area (Å²) in [5.74, 6) is 0. The number of methoxy groups -OCH3 is 1. The van der Waals surface area contributed by atoms with Crippen molar-refractivity contribution in [2.75, 3.05) is 12.4 Å². The Morgan fingerprint density at radius 2 is 1.89 bits per heavy atom. The lowest BCUT2D eigenvalue weighted by molar-refractivity contribution is 0.184. The summed E-state index contributed by atoms with van der Waals surface area (Å²) < 4.78 is 6.17. The van der Waals surface area contributed by atoms with Gasteiger partial charge in [-0.3, -0.25) is 0 Å². The lowest BCUT2D eigenvalue weighted by atomic mass is 10.1. The van der Waals surface area contributed by atoms with Gasteiger partial charge in [-0.2, -0.15) is 0 Å². The molecule has 2 rings (SSSR count). The maximum atomic E-state index is 6.18. The summed E-state index contributed by atoms with van der Waals surface area (Å²) in [7, 11) is 1.70. The van der Waals surface area contributed by atoms with E-state index in [1.165, 1.54) is 11.1 Å². The number of nitrogens with one attached hydrogen (secondary N) is 1. The molecule has 0 saturated carbocycles. The molecule has 2 aromatic rings. The third kappa shape index (κ3) is 3.96. The molecule has 2 aromatic carbocycles. The highest BCUT2D eigenvalue weighted by Gasteiger charge is 2.04. The van der Waals surface area contributed by atoms with Gasteiger partial charge in [-0.1, -0.05) is 51.8 Å². The van der Waals surface area contributed by atoms with Gasteiger partial charge in [0.15, 0.2) is 0 Å². The van der Waals surface area contributed by atoms with E-state index in [9.17, 15) is 0 Å². The van der Waals surface area contributed by atoms with Crippen LogP contribution in [0.3, 0.4) is 0 Å².